The lowest BCUT2D eigenvalue weighted by Crippen LogP contribution is -2.29. The number of hydrogen-bond acceptors (Lipinski definition) is 3. The third-order valence-corrected chi connectivity index (χ3v) is 3.08. The minimum absolute atomic E-state index is 0.0222. The Hall–Kier alpha value is -2.07. The lowest BCUT2D eigenvalue weighted by Gasteiger charge is -2.15. The van der Waals surface area contributed by atoms with Gasteiger partial charge in [-0.3, -0.25) is 9.69 Å². The number of rotatable bonds is 5. The topological polar surface area (TPSA) is 45.5 Å². The summed E-state index contributed by atoms with van der Waals surface area (Å²) in [5.41, 5.74) is 3.13. The molecule has 0 saturated carbocycles. The van der Waals surface area contributed by atoms with Gasteiger partial charge < -0.3 is 9.73 Å². The van der Waals surface area contributed by atoms with Gasteiger partial charge in [0.05, 0.1) is 19.4 Å². The molecule has 1 N–H and O–H groups in total. The van der Waals surface area contributed by atoms with Crippen molar-refractivity contribution in [1.29, 1.82) is 0 Å². The molecule has 0 atom stereocenters. The molecule has 4 nitrogen and oxygen atoms in total. The van der Waals surface area contributed by atoms with Crippen LogP contribution in [0.15, 0.2) is 41.0 Å². The summed E-state index contributed by atoms with van der Waals surface area (Å²) in [6.45, 7) is 4.98. The van der Waals surface area contributed by atoms with Gasteiger partial charge in [0.25, 0.3) is 0 Å². The average Bonchev–Trinajstić information content (AvgIpc) is 2.85. The summed E-state index contributed by atoms with van der Waals surface area (Å²) in [6, 6.07) is 9.74. The van der Waals surface area contributed by atoms with Crippen LogP contribution in [0.2, 0.25) is 0 Å². The number of nitrogens with one attached hydrogen (secondary N) is 1. The molecule has 1 aromatic heterocycles. The summed E-state index contributed by atoms with van der Waals surface area (Å²) in [4.78, 5) is 13.9. The SMILES string of the molecule is Cc1ccc(NC(=O)CN(C)Cc2ccco2)c(C)c1. The average molecular weight is 272 g/mol. The molecule has 0 saturated heterocycles. The van der Waals surface area contributed by atoms with Crippen LogP contribution in [-0.4, -0.2) is 24.4 Å². The van der Waals surface area contributed by atoms with Crippen LogP contribution >= 0.6 is 0 Å². The number of anilines is 1. The number of carbonyl (C=O) groups is 1. The molecule has 0 unspecified atom stereocenters. The van der Waals surface area contributed by atoms with E-state index >= 15 is 0 Å². The quantitative estimate of drug-likeness (QED) is 0.910. The maximum Gasteiger partial charge on any atom is 0.238 e. The van der Waals surface area contributed by atoms with E-state index in [4.69, 9.17) is 4.42 Å². The van der Waals surface area contributed by atoms with Gasteiger partial charge in [-0.1, -0.05) is 17.7 Å². The van der Waals surface area contributed by atoms with Gasteiger partial charge >= 0.3 is 0 Å². The fraction of sp³-hybridized carbons (Fsp3) is 0.312. The molecular weight excluding hydrogens is 252 g/mol. The number of furan rings is 1. The highest BCUT2D eigenvalue weighted by atomic mass is 16.3. The Bertz CT molecular complexity index is 576. The third-order valence-electron chi connectivity index (χ3n) is 3.08. The van der Waals surface area contributed by atoms with Crippen molar-refractivity contribution in [2.45, 2.75) is 20.4 Å². The van der Waals surface area contributed by atoms with Crippen LogP contribution in [0.3, 0.4) is 0 Å². The van der Waals surface area contributed by atoms with Crippen molar-refractivity contribution in [3.8, 4) is 0 Å². The van der Waals surface area contributed by atoms with Crippen LogP contribution in [0.25, 0.3) is 0 Å². The second kappa shape index (κ2) is 6.39. The molecule has 0 bridgehead atoms. The van der Waals surface area contributed by atoms with Gasteiger partial charge in [-0.2, -0.15) is 0 Å². The summed E-state index contributed by atoms with van der Waals surface area (Å²) in [5, 5.41) is 2.94. The molecule has 0 aliphatic rings. The van der Waals surface area contributed by atoms with Crippen molar-refractivity contribution in [2.75, 3.05) is 18.9 Å². The first-order valence-electron chi connectivity index (χ1n) is 6.62. The summed E-state index contributed by atoms with van der Waals surface area (Å²) in [6.07, 6.45) is 1.64. The number of likely N-dealkylation sites (N-methyl/N-ethyl adjacent to an activating group) is 1. The van der Waals surface area contributed by atoms with Gasteiger partial charge in [-0.25, -0.2) is 0 Å². The Morgan fingerprint density at radius 1 is 1.30 bits per heavy atom. The zero-order valence-electron chi connectivity index (χ0n) is 12.1. The summed E-state index contributed by atoms with van der Waals surface area (Å²) < 4.78 is 5.26. The van der Waals surface area contributed by atoms with Crippen LogP contribution in [0.1, 0.15) is 16.9 Å². The van der Waals surface area contributed by atoms with E-state index in [0.29, 0.717) is 13.1 Å². The van der Waals surface area contributed by atoms with E-state index in [1.807, 2.05) is 50.1 Å². The van der Waals surface area contributed by atoms with Gasteiger partial charge in [0.15, 0.2) is 0 Å². The van der Waals surface area contributed by atoms with Gasteiger partial charge in [-0.15, -0.1) is 0 Å². The van der Waals surface area contributed by atoms with Crippen LogP contribution in [0.4, 0.5) is 5.69 Å². The van der Waals surface area contributed by atoms with E-state index in [0.717, 1.165) is 17.0 Å². The van der Waals surface area contributed by atoms with E-state index in [9.17, 15) is 4.79 Å². The van der Waals surface area contributed by atoms with Crippen LogP contribution in [-0.2, 0) is 11.3 Å². The number of nitrogens with zero attached hydrogens (tertiary/aromatic N) is 1. The Morgan fingerprint density at radius 2 is 2.10 bits per heavy atom. The van der Waals surface area contributed by atoms with Crippen molar-refractivity contribution in [2.24, 2.45) is 0 Å². The number of hydrogen-bond donors (Lipinski definition) is 1. The highest BCUT2D eigenvalue weighted by Gasteiger charge is 2.09. The lowest BCUT2D eigenvalue weighted by atomic mass is 10.1. The monoisotopic (exact) mass is 272 g/mol. The smallest absolute Gasteiger partial charge is 0.238 e. The van der Waals surface area contributed by atoms with Crippen molar-refractivity contribution in [3.05, 3.63) is 53.5 Å². The molecule has 0 radical (unpaired) electrons. The first-order chi connectivity index (χ1) is 9.54. The minimum Gasteiger partial charge on any atom is -0.468 e. The Labute approximate surface area is 119 Å². The Kier molecular flexibility index (Phi) is 4.58. The number of carbonyl (C=O) groups excluding carboxylic acids is 1. The van der Waals surface area contributed by atoms with Gasteiger partial charge in [0.1, 0.15) is 5.76 Å². The molecule has 0 aliphatic heterocycles. The molecule has 0 fully saturated rings. The number of benzene rings is 1. The summed E-state index contributed by atoms with van der Waals surface area (Å²) >= 11 is 0. The zero-order valence-corrected chi connectivity index (χ0v) is 12.1. The Morgan fingerprint density at radius 3 is 2.75 bits per heavy atom. The first kappa shape index (κ1) is 14.3. The molecule has 1 amide bonds. The summed E-state index contributed by atoms with van der Waals surface area (Å²) in [7, 11) is 1.89. The molecule has 1 aromatic carbocycles. The third kappa shape index (κ3) is 3.96. The lowest BCUT2D eigenvalue weighted by molar-refractivity contribution is -0.117. The van der Waals surface area contributed by atoms with Crippen molar-refractivity contribution >= 4 is 11.6 Å². The molecular formula is C16H20N2O2. The first-order valence-corrected chi connectivity index (χ1v) is 6.62. The number of amides is 1. The van der Waals surface area contributed by atoms with Gasteiger partial charge in [-0.05, 0) is 44.7 Å². The predicted octanol–water partition coefficient (Wildman–Crippen LogP) is 2.97. The van der Waals surface area contributed by atoms with E-state index in [1.54, 1.807) is 6.26 Å². The van der Waals surface area contributed by atoms with Crippen molar-refractivity contribution in [3.63, 3.8) is 0 Å². The van der Waals surface area contributed by atoms with Crippen LogP contribution in [0.5, 0.6) is 0 Å². The van der Waals surface area contributed by atoms with E-state index in [-0.39, 0.29) is 5.91 Å². The molecule has 0 spiro atoms. The van der Waals surface area contributed by atoms with Crippen molar-refractivity contribution < 1.29 is 9.21 Å². The number of aryl methyl sites for hydroxylation is 2. The van der Waals surface area contributed by atoms with E-state index in [1.165, 1.54) is 5.56 Å². The minimum atomic E-state index is -0.0222. The predicted molar refractivity (Wildman–Crippen MR) is 79.6 cm³/mol. The van der Waals surface area contributed by atoms with E-state index < -0.39 is 0 Å². The fourth-order valence-corrected chi connectivity index (χ4v) is 2.11. The highest BCUT2D eigenvalue weighted by Crippen LogP contribution is 2.16. The molecule has 1 heterocycles. The molecule has 20 heavy (non-hydrogen) atoms. The maximum atomic E-state index is 12.0. The van der Waals surface area contributed by atoms with E-state index in [2.05, 4.69) is 11.4 Å². The largest absolute Gasteiger partial charge is 0.468 e. The maximum absolute atomic E-state index is 12.0. The van der Waals surface area contributed by atoms with Crippen molar-refractivity contribution in [1.82, 2.24) is 4.90 Å². The normalized spacial score (nSPS) is 10.8. The second-order valence-electron chi connectivity index (χ2n) is 5.12. The molecule has 0 aliphatic carbocycles. The molecule has 2 aromatic rings. The van der Waals surface area contributed by atoms with Crippen LogP contribution in [0, 0.1) is 13.8 Å². The fourth-order valence-electron chi connectivity index (χ4n) is 2.11. The molecule has 2 rings (SSSR count). The molecule has 106 valence electrons. The standard InChI is InChI=1S/C16H20N2O2/c1-12-6-7-15(13(2)9-12)17-16(19)11-18(3)10-14-5-4-8-20-14/h4-9H,10-11H2,1-3H3,(H,17,19). The second-order valence-corrected chi connectivity index (χ2v) is 5.12. The molecule has 4 heteroatoms. The summed E-state index contributed by atoms with van der Waals surface area (Å²) in [5.74, 6) is 0.831. The zero-order chi connectivity index (χ0) is 14.5. The highest BCUT2D eigenvalue weighted by molar-refractivity contribution is 5.92. The van der Waals surface area contributed by atoms with Gasteiger partial charge in [0.2, 0.25) is 5.91 Å². The Balaban J connectivity index is 1.88. The van der Waals surface area contributed by atoms with Gasteiger partial charge in [0, 0.05) is 5.69 Å². The van der Waals surface area contributed by atoms with Crippen LogP contribution < -0.4 is 5.32 Å².